The predicted octanol–water partition coefficient (Wildman–Crippen LogP) is 17.7. The number of nitrogens with one attached hydrogen (secondary N) is 1. The normalized spacial score (nSPS) is 22.6. The third-order valence-corrected chi connectivity index (χ3v) is 20.0. The number of hydrogen-bond donors (Lipinski definition) is 9. The van der Waals surface area contributed by atoms with Crippen LogP contribution in [0.4, 0.5) is 0 Å². The number of amides is 1. The fourth-order valence-corrected chi connectivity index (χ4v) is 13.7. The molecule has 0 radical (unpaired) electrons. The summed E-state index contributed by atoms with van der Waals surface area (Å²) in [4.78, 5) is 13.4. The molecule has 0 aromatic heterocycles. The van der Waals surface area contributed by atoms with E-state index in [2.05, 4.69) is 19.2 Å². The SMILES string of the molecule is CCCCCCCCCCCCCCCCCCCCCCCCC/C=C/C(O)C(COC1OC(CO)C(OC2OC(CO)C(O)C(O)C2O)C(O)C1O)NC(=O)CCCCCCCCCCCCCCCCCCCCCCCCCCCCCCCCCCC. The van der Waals surface area contributed by atoms with Gasteiger partial charge < -0.3 is 65.1 Å². The van der Waals surface area contributed by atoms with Gasteiger partial charge in [-0.3, -0.25) is 4.79 Å². The average molecular weight is 1310 g/mol. The molecule has 14 nitrogen and oxygen atoms in total. The van der Waals surface area contributed by atoms with Crippen LogP contribution in [0.25, 0.3) is 0 Å². The molecular weight excluding hydrogens is 1160 g/mol. The number of hydrogen-bond acceptors (Lipinski definition) is 13. The molecule has 2 fully saturated rings. The van der Waals surface area contributed by atoms with Gasteiger partial charge in [-0.25, -0.2) is 0 Å². The van der Waals surface area contributed by atoms with Gasteiger partial charge in [-0.05, 0) is 19.3 Å². The zero-order valence-electron chi connectivity index (χ0n) is 59.8. The molecule has 2 saturated heterocycles. The highest BCUT2D eigenvalue weighted by atomic mass is 16.7. The number of unbranched alkanes of at least 4 members (excludes halogenated alkanes) is 55. The summed E-state index contributed by atoms with van der Waals surface area (Å²) in [5.41, 5.74) is 0. The number of allylic oxidation sites excluding steroid dienone is 1. The highest BCUT2D eigenvalue weighted by Gasteiger charge is 2.51. The first-order chi connectivity index (χ1) is 45.1. The van der Waals surface area contributed by atoms with Crippen LogP contribution in [-0.4, -0.2) is 140 Å². The summed E-state index contributed by atoms with van der Waals surface area (Å²) < 4.78 is 22.9. The van der Waals surface area contributed by atoms with E-state index in [1.807, 2.05) is 6.08 Å². The maximum absolute atomic E-state index is 13.4. The Morgan fingerprint density at radius 3 is 1.00 bits per heavy atom. The number of ether oxygens (including phenoxy) is 4. The van der Waals surface area contributed by atoms with Gasteiger partial charge in [0, 0.05) is 6.42 Å². The van der Waals surface area contributed by atoms with Crippen LogP contribution in [0.5, 0.6) is 0 Å². The van der Waals surface area contributed by atoms with Crippen LogP contribution in [0.15, 0.2) is 12.2 Å². The molecule has 2 heterocycles. The molecule has 2 aliphatic rings. The van der Waals surface area contributed by atoms with Crippen molar-refractivity contribution in [2.45, 2.75) is 460 Å². The highest BCUT2D eigenvalue weighted by Crippen LogP contribution is 2.30. The molecule has 0 aromatic rings. The first-order valence-corrected chi connectivity index (χ1v) is 39.9. The van der Waals surface area contributed by atoms with Gasteiger partial charge >= 0.3 is 0 Å². The largest absolute Gasteiger partial charge is 0.394 e. The van der Waals surface area contributed by atoms with Gasteiger partial charge in [-0.15, -0.1) is 0 Å². The zero-order valence-corrected chi connectivity index (χ0v) is 59.8. The van der Waals surface area contributed by atoms with E-state index >= 15 is 0 Å². The van der Waals surface area contributed by atoms with Crippen LogP contribution < -0.4 is 5.32 Å². The van der Waals surface area contributed by atoms with Crippen molar-refractivity contribution in [3.8, 4) is 0 Å². The summed E-state index contributed by atoms with van der Waals surface area (Å²) in [5, 5.41) is 87.7. The lowest BCUT2D eigenvalue weighted by Gasteiger charge is -2.46. The maximum atomic E-state index is 13.4. The van der Waals surface area contributed by atoms with Crippen molar-refractivity contribution in [2.24, 2.45) is 0 Å². The number of aliphatic hydroxyl groups is 8. The molecule has 546 valence electrons. The minimum atomic E-state index is -1.79. The summed E-state index contributed by atoms with van der Waals surface area (Å²) in [6, 6.07) is -0.912. The van der Waals surface area contributed by atoms with E-state index in [9.17, 15) is 45.6 Å². The lowest BCUT2D eigenvalue weighted by Crippen LogP contribution is -2.65. The number of rotatable bonds is 68. The van der Waals surface area contributed by atoms with Gasteiger partial charge in [0.05, 0.1) is 32.0 Å². The van der Waals surface area contributed by atoms with Gasteiger partial charge in [-0.2, -0.15) is 0 Å². The number of carbonyl (C=O) groups is 1. The fraction of sp³-hybridized carbons (Fsp3) is 0.962. The Bertz CT molecular complexity index is 1590. The van der Waals surface area contributed by atoms with Crippen molar-refractivity contribution in [2.75, 3.05) is 19.8 Å². The van der Waals surface area contributed by atoms with E-state index < -0.39 is 86.8 Å². The second kappa shape index (κ2) is 63.2. The van der Waals surface area contributed by atoms with Gasteiger partial charge in [0.15, 0.2) is 12.6 Å². The quantitative estimate of drug-likeness (QED) is 0.0204. The first-order valence-electron chi connectivity index (χ1n) is 39.9. The van der Waals surface area contributed by atoms with Crippen LogP contribution in [0, 0.1) is 0 Å². The van der Waals surface area contributed by atoms with Gasteiger partial charge in [0.25, 0.3) is 0 Å². The molecule has 12 atom stereocenters. The highest BCUT2D eigenvalue weighted by molar-refractivity contribution is 5.76. The van der Waals surface area contributed by atoms with E-state index in [0.717, 1.165) is 44.9 Å². The topological polar surface area (TPSA) is 228 Å². The maximum Gasteiger partial charge on any atom is 0.220 e. The van der Waals surface area contributed by atoms with Gasteiger partial charge in [0.2, 0.25) is 5.91 Å². The Hall–Kier alpha value is -1.27. The summed E-state index contributed by atoms with van der Waals surface area (Å²) in [6.45, 7) is 2.88. The molecule has 0 aliphatic carbocycles. The molecule has 0 spiro atoms. The minimum absolute atomic E-state index is 0.229. The van der Waals surface area contributed by atoms with Crippen LogP contribution in [0.3, 0.4) is 0 Å². The monoisotopic (exact) mass is 1310 g/mol. The molecular formula is C78H151NO13. The van der Waals surface area contributed by atoms with Gasteiger partial charge in [-0.1, -0.05) is 373 Å². The molecule has 0 bridgehead atoms. The third-order valence-electron chi connectivity index (χ3n) is 20.0. The lowest BCUT2D eigenvalue weighted by atomic mass is 9.97. The Kier molecular flexibility index (Phi) is 59.6. The number of aliphatic hydroxyl groups excluding tert-OH is 8. The van der Waals surface area contributed by atoms with Crippen LogP contribution in [-0.2, 0) is 23.7 Å². The minimum Gasteiger partial charge on any atom is -0.394 e. The van der Waals surface area contributed by atoms with Gasteiger partial charge in [0.1, 0.15) is 48.8 Å². The zero-order chi connectivity index (χ0) is 66.6. The van der Waals surface area contributed by atoms with Crippen LogP contribution in [0.2, 0.25) is 0 Å². The summed E-state index contributed by atoms with van der Waals surface area (Å²) in [6.07, 6.45) is 63.0. The van der Waals surface area contributed by atoms with Crippen LogP contribution >= 0.6 is 0 Å². The molecule has 12 unspecified atom stereocenters. The molecule has 0 aromatic carbocycles. The molecule has 9 N–H and O–H groups in total. The molecule has 2 rings (SSSR count). The fourth-order valence-electron chi connectivity index (χ4n) is 13.7. The third kappa shape index (κ3) is 46.1. The average Bonchev–Trinajstić information content (AvgIpc) is 0.866. The van der Waals surface area contributed by atoms with Crippen molar-refractivity contribution < 1.29 is 64.6 Å². The number of carbonyl (C=O) groups excluding carboxylic acids is 1. The molecule has 92 heavy (non-hydrogen) atoms. The second-order valence-electron chi connectivity index (χ2n) is 28.6. The lowest BCUT2D eigenvalue weighted by molar-refractivity contribution is -0.359. The Balaban J connectivity index is 1.61. The van der Waals surface area contributed by atoms with Crippen molar-refractivity contribution >= 4 is 5.91 Å². The van der Waals surface area contributed by atoms with Crippen molar-refractivity contribution in [1.82, 2.24) is 5.32 Å². The van der Waals surface area contributed by atoms with E-state index in [1.54, 1.807) is 6.08 Å². The molecule has 2 aliphatic heterocycles. The standard InChI is InChI=1S/C78H151NO13/c1-3-5-7-9-11-13-15-17-19-21-23-25-27-29-30-31-32-33-34-35-36-38-40-42-44-46-48-50-52-54-56-58-60-62-70(83)79-66(65-89-77-75(88)73(86)76(69(64-81)91-77)92-78-74(87)72(85)71(84)68(63-80)90-78)67(82)61-59-57-55-53-51-49-47-45-43-41-39-37-28-26-24-22-20-18-16-14-12-10-8-6-4-2/h59,61,66-69,71-78,80-82,84-88H,3-58,60,62-65H2,1-2H3,(H,79,83)/b61-59+. The summed E-state index contributed by atoms with van der Waals surface area (Å²) in [7, 11) is 0. The van der Waals surface area contributed by atoms with E-state index in [-0.39, 0.29) is 18.9 Å². The molecule has 1 amide bonds. The molecule has 14 heteroatoms. The van der Waals surface area contributed by atoms with Crippen LogP contribution in [0.1, 0.15) is 386 Å². The smallest absolute Gasteiger partial charge is 0.220 e. The van der Waals surface area contributed by atoms with E-state index in [0.29, 0.717) is 0 Å². The van der Waals surface area contributed by atoms with Crippen molar-refractivity contribution in [3.05, 3.63) is 12.2 Å². The molecule has 0 saturated carbocycles. The second-order valence-corrected chi connectivity index (χ2v) is 28.6. The van der Waals surface area contributed by atoms with E-state index in [4.69, 9.17) is 18.9 Å². The van der Waals surface area contributed by atoms with E-state index in [1.165, 1.54) is 321 Å². The summed E-state index contributed by atoms with van der Waals surface area (Å²) in [5.74, 6) is -0.229. The van der Waals surface area contributed by atoms with Crippen molar-refractivity contribution in [3.63, 3.8) is 0 Å². The Labute approximate surface area is 565 Å². The summed E-state index contributed by atoms with van der Waals surface area (Å²) >= 11 is 0. The Morgan fingerprint density at radius 2 is 0.674 bits per heavy atom. The Morgan fingerprint density at radius 1 is 0.380 bits per heavy atom. The first kappa shape index (κ1) is 86.8. The van der Waals surface area contributed by atoms with Crippen molar-refractivity contribution in [1.29, 1.82) is 0 Å². The predicted molar refractivity (Wildman–Crippen MR) is 379 cm³/mol.